The predicted molar refractivity (Wildman–Crippen MR) is 90.1 cm³/mol. The number of carbonyl (C=O) groups excluding carboxylic acids is 1. The number of rotatable bonds is 3. The van der Waals surface area contributed by atoms with Crippen molar-refractivity contribution in [2.75, 3.05) is 19.7 Å². The molecular weight excluding hydrogens is 325 g/mol. The lowest BCUT2D eigenvalue weighted by Gasteiger charge is -2.39. The standard InChI is InChI=1S/C18H20FN3O3/c1-18(12-23)9-4-10-21(11-18)17(25)14-7-8-16(24)22(20-14)15-6-3-2-5-13(15)19/h2-3,5-8,23H,4,9-12H2,1H3. The second-order valence-corrected chi connectivity index (χ2v) is 6.72. The summed E-state index contributed by atoms with van der Waals surface area (Å²) in [5.41, 5.74) is -0.778. The average Bonchev–Trinajstić information content (AvgIpc) is 2.62. The summed E-state index contributed by atoms with van der Waals surface area (Å²) in [7, 11) is 0. The van der Waals surface area contributed by atoms with E-state index in [1.165, 1.54) is 30.3 Å². The first-order valence-electron chi connectivity index (χ1n) is 8.19. The van der Waals surface area contributed by atoms with Gasteiger partial charge < -0.3 is 10.0 Å². The minimum absolute atomic E-state index is 0.000917. The molecule has 1 aromatic carbocycles. The maximum absolute atomic E-state index is 14.0. The molecule has 0 aliphatic carbocycles. The Balaban J connectivity index is 1.93. The Labute approximate surface area is 144 Å². The summed E-state index contributed by atoms with van der Waals surface area (Å²) in [5, 5.41) is 13.6. The van der Waals surface area contributed by atoms with Crippen LogP contribution in [0.3, 0.4) is 0 Å². The quantitative estimate of drug-likeness (QED) is 0.917. The molecule has 1 saturated heterocycles. The predicted octanol–water partition coefficient (Wildman–Crippen LogP) is 1.61. The number of piperidine rings is 1. The van der Waals surface area contributed by atoms with Crippen LogP contribution >= 0.6 is 0 Å². The van der Waals surface area contributed by atoms with E-state index in [1.807, 2.05) is 6.92 Å². The number of aromatic nitrogens is 2. The first kappa shape index (κ1) is 17.3. The Hall–Kier alpha value is -2.54. The van der Waals surface area contributed by atoms with Crippen LogP contribution in [0.2, 0.25) is 0 Å². The first-order chi connectivity index (χ1) is 11.9. The van der Waals surface area contributed by atoms with E-state index in [-0.39, 0.29) is 29.3 Å². The minimum Gasteiger partial charge on any atom is -0.396 e. The molecule has 1 atom stereocenters. The monoisotopic (exact) mass is 345 g/mol. The number of carbonyl (C=O) groups is 1. The maximum Gasteiger partial charge on any atom is 0.274 e. The third-order valence-electron chi connectivity index (χ3n) is 4.55. The molecule has 1 aliphatic heterocycles. The number of halogens is 1. The van der Waals surface area contributed by atoms with Crippen molar-refractivity contribution in [3.8, 4) is 5.69 Å². The summed E-state index contributed by atoms with van der Waals surface area (Å²) >= 11 is 0. The third kappa shape index (κ3) is 3.46. The second kappa shape index (κ2) is 6.76. The fourth-order valence-corrected chi connectivity index (χ4v) is 3.10. The van der Waals surface area contributed by atoms with Crippen LogP contribution < -0.4 is 5.56 Å². The molecule has 1 aliphatic rings. The molecule has 132 valence electrons. The van der Waals surface area contributed by atoms with E-state index < -0.39 is 11.4 Å². The topological polar surface area (TPSA) is 75.4 Å². The Kier molecular flexibility index (Phi) is 4.67. The van der Waals surface area contributed by atoms with E-state index >= 15 is 0 Å². The fourth-order valence-electron chi connectivity index (χ4n) is 3.10. The molecule has 7 heteroatoms. The maximum atomic E-state index is 14.0. The van der Waals surface area contributed by atoms with Crippen LogP contribution in [0.25, 0.3) is 5.69 Å². The van der Waals surface area contributed by atoms with Crippen molar-refractivity contribution in [3.05, 3.63) is 58.3 Å². The number of likely N-dealkylation sites (tertiary alicyclic amines) is 1. The minimum atomic E-state index is -0.590. The van der Waals surface area contributed by atoms with Gasteiger partial charge in [-0.3, -0.25) is 9.59 Å². The lowest BCUT2D eigenvalue weighted by Crippen LogP contribution is -2.46. The number of aliphatic hydroxyl groups is 1. The zero-order valence-electron chi connectivity index (χ0n) is 14.0. The van der Waals surface area contributed by atoms with Gasteiger partial charge >= 0.3 is 0 Å². The Bertz CT molecular complexity index is 851. The summed E-state index contributed by atoms with van der Waals surface area (Å²) in [4.78, 5) is 26.4. The molecule has 0 saturated carbocycles. The van der Waals surface area contributed by atoms with Crippen LogP contribution in [0.15, 0.2) is 41.2 Å². The van der Waals surface area contributed by atoms with Gasteiger partial charge in [0.1, 0.15) is 17.2 Å². The largest absolute Gasteiger partial charge is 0.396 e. The zero-order chi connectivity index (χ0) is 18.0. The lowest BCUT2D eigenvalue weighted by atomic mass is 9.82. The molecule has 1 aromatic heterocycles. The van der Waals surface area contributed by atoms with Crippen molar-refractivity contribution in [2.45, 2.75) is 19.8 Å². The van der Waals surface area contributed by atoms with Gasteiger partial charge in [-0.25, -0.2) is 4.39 Å². The van der Waals surface area contributed by atoms with Gasteiger partial charge in [-0.1, -0.05) is 19.1 Å². The van der Waals surface area contributed by atoms with Crippen LogP contribution in [0.4, 0.5) is 4.39 Å². The van der Waals surface area contributed by atoms with Gasteiger partial charge in [-0.2, -0.15) is 9.78 Å². The second-order valence-electron chi connectivity index (χ2n) is 6.72. The summed E-state index contributed by atoms with van der Waals surface area (Å²) in [6.45, 7) is 2.91. The number of para-hydroxylation sites is 1. The summed E-state index contributed by atoms with van der Waals surface area (Å²) < 4.78 is 14.9. The molecular formula is C18H20FN3O3. The lowest BCUT2D eigenvalue weighted by molar-refractivity contribution is 0.0352. The van der Waals surface area contributed by atoms with Crippen molar-refractivity contribution in [1.29, 1.82) is 0 Å². The van der Waals surface area contributed by atoms with Crippen LogP contribution in [0, 0.1) is 11.2 Å². The highest BCUT2D eigenvalue weighted by Gasteiger charge is 2.33. The van der Waals surface area contributed by atoms with E-state index in [0.717, 1.165) is 17.5 Å². The molecule has 0 spiro atoms. The fraction of sp³-hybridized carbons (Fsp3) is 0.389. The van der Waals surface area contributed by atoms with Crippen molar-refractivity contribution in [3.63, 3.8) is 0 Å². The average molecular weight is 345 g/mol. The van der Waals surface area contributed by atoms with Gasteiger partial charge in [0.05, 0.1) is 6.61 Å². The number of hydrogen-bond donors (Lipinski definition) is 1. The molecule has 6 nitrogen and oxygen atoms in total. The van der Waals surface area contributed by atoms with E-state index in [1.54, 1.807) is 11.0 Å². The summed E-state index contributed by atoms with van der Waals surface area (Å²) in [5.74, 6) is -0.919. The molecule has 1 N–H and O–H groups in total. The van der Waals surface area contributed by atoms with E-state index in [9.17, 15) is 19.1 Å². The van der Waals surface area contributed by atoms with E-state index in [2.05, 4.69) is 5.10 Å². The molecule has 2 aromatic rings. The molecule has 0 radical (unpaired) electrons. The van der Waals surface area contributed by atoms with Gasteiger partial charge in [0.25, 0.3) is 11.5 Å². The van der Waals surface area contributed by atoms with E-state index in [4.69, 9.17) is 0 Å². The Morgan fingerprint density at radius 2 is 2.08 bits per heavy atom. The van der Waals surface area contributed by atoms with Gasteiger partial charge in [0.15, 0.2) is 0 Å². The number of nitrogens with zero attached hydrogens (tertiary/aromatic N) is 3. The number of amides is 1. The highest BCUT2D eigenvalue weighted by Crippen LogP contribution is 2.29. The van der Waals surface area contributed by atoms with E-state index in [0.29, 0.717) is 13.1 Å². The molecule has 0 bridgehead atoms. The van der Waals surface area contributed by atoms with Crippen molar-refractivity contribution in [2.24, 2.45) is 5.41 Å². The van der Waals surface area contributed by atoms with Gasteiger partial charge in [0.2, 0.25) is 0 Å². The Morgan fingerprint density at radius 3 is 2.80 bits per heavy atom. The number of benzene rings is 1. The first-order valence-corrected chi connectivity index (χ1v) is 8.19. The molecule has 1 amide bonds. The van der Waals surface area contributed by atoms with Crippen molar-refractivity contribution < 1.29 is 14.3 Å². The van der Waals surface area contributed by atoms with Crippen LogP contribution in [-0.2, 0) is 0 Å². The van der Waals surface area contributed by atoms with Gasteiger partial charge in [-0.15, -0.1) is 0 Å². The normalized spacial score (nSPS) is 20.5. The Morgan fingerprint density at radius 1 is 1.32 bits per heavy atom. The third-order valence-corrected chi connectivity index (χ3v) is 4.55. The molecule has 2 heterocycles. The van der Waals surface area contributed by atoms with Crippen LogP contribution in [0.1, 0.15) is 30.3 Å². The number of aliphatic hydroxyl groups excluding tert-OH is 1. The van der Waals surface area contributed by atoms with Crippen LogP contribution in [-0.4, -0.2) is 45.4 Å². The molecule has 1 fully saturated rings. The smallest absolute Gasteiger partial charge is 0.274 e. The number of hydrogen-bond acceptors (Lipinski definition) is 4. The molecule has 25 heavy (non-hydrogen) atoms. The summed E-state index contributed by atoms with van der Waals surface area (Å²) in [6.07, 6.45) is 1.63. The van der Waals surface area contributed by atoms with Gasteiger partial charge in [-0.05, 0) is 31.0 Å². The van der Waals surface area contributed by atoms with Gasteiger partial charge in [0, 0.05) is 24.6 Å². The molecule has 1 unspecified atom stereocenters. The zero-order valence-corrected chi connectivity index (χ0v) is 14.0. The summed E-state index contributed by atoms with van der Waals surface area (Å²) in [6, 6.07) is 8.34. The van der Waals surface area contributed by atoms with Crippen LogP contribution in [0.5, 0.6) is 0 Å². The molecule has 3 rings (SSSR count). The highest BCUT2D eigenvalue weighted by molar-refractivity contribution is 5.92. The van der Waals surface area contributed by atoms with Crippen molar-refractivity contribution in [1.82, 2.24) is 14.7 Å². The van der Waals surface area contributed by atoms with Crippen molar-refractivity contribution >= 4 is 5.91 Å². The SMILES string of the molecule is CC1(CO)CCCN(C(=O)c2ccc(=O)n(-c3ccccc3F)n2)C1. The highest BCUT2D eigenvalue weighted by atomic mass is 19.1.